The first-order valence-corrected chi connectivity index (χ1v) is 5.71. The second kappa shape index (κ2) is 5.16. The monoisotopic (exact) mass is 237 g/mol. The van der Waals surface area contributed by atoms with Gasteiger partial charge in [-0.2, -0.15) is 9.25 Å². The van der Waals surface area contributed by atoms with E-state index < -0.39 is 15.6 Å². The topological polar surface area (TPSA) is 124 Å². The zero-order chi connectivity index (χ0) is 10.5. The third kappa shape index (κ3) is 6.28. The number of rotatable bonds is 6. The highest BCUT2D eigenvalue weighted by molar-refractivity contribution is 7.48. The van der Waals surface area contributed by atoms with E-state index >= 15 is 0 Å². The Hall–Kier alpha value is 0.180. The average Bonchev–Trinajstić information content (AvgIpc) is 2.04. The number of hydrogen-bond acceptors (Lipinski definition) is 7. The Morgan fingerprint density at radius 1 is 1.00 bits per heavy atom. The van der Waals surface area contributed by atoms with Gasteiger partial charge in [0.05, 0.1) is 0 Å². The van der Waals surface area contributed by atoms with Gasteiger partial charge in [0.1, 0.15) is 0 Å². The van der Waals surface area contributed by atoms with Crippen LogP contribution in [0.5, 0.6) is 0 Å². The van der Waals surface area contributed by atoms with Crippen molar-refractivity contribution in [3.8, 4) is 0 Å². The van der Waals surface area contributed by atoms with Crippen LogP contribution in [0.4, 0.5) is 0 Å². The van der Waals surface area contributed by atoms with Crippen molar-refractivity contribution in [3.05, 3.63) is 0 Å². The summed E-state index contributed by atoms with van der Waals surface area (Å²) in [6, 6.07) is 0. The molecule has 2 atom stereocenters. The maximum absolute atomic E-state index is 10.5. The van der Waals surface area contributed by atoms with Crippen LogP contribution in [-0.2, 0) is 27.4 Å². The molecular weight excluding hydrogens is 228 g/mol. The largest absolute Gasteiger partial charge is 0.490 e. The summed E-state index contributed by atoms with van der Waals surface area (Å²) in [5, 5.41) is 0. The molecule has 0 aromatic heterocycles. The fraction of sp³-hybridized carbons (Fsp3) is 1.00. The van der Waals surface area contributed by atoms with Crippen molar-refractivity contribution in [2.24, 2.45) is 0 Å². The Morgan fingerprint density at radius 3 is 1.54 bits per heavy atom. The van der Waals surface area contributed by atoms with E-state index in [2.05, 4.69) is 18.3 Å². The van der Waals surface area contributed by atoms with Crippen molar-refractivity contribution < 1.29 is 37.2 Å². The zero-order valence-corrected chi connectivity index (χ0v) is 8.53. The Labute approximate surface area is 73.7 Å². The molecule has 0 aliphatic rings. The van der Waals surface area contributed by atoms with E-state index in [1.165, 1.54) is 5.64 Å². The van der Waals surface area contributed by atoms with E-state index in [1.54, 1.807) is 0 Å². The Morgan fingerprint density at radius 2 is 1.31 bits per heavy atom. The van der Waals surface area contributed by atoms with Crippen molar-refractivity contribution in [2.75, 3.05) is 14.2 Å². The van der Waals surface area contributed by atoms with Gasteiger partial charge < -0.3 is 9.79 Å². The second-order valence-electron chi connectivity index (χ2n) is 1.57. The van der Waals surface area contributed by atoms with Gasteiger partial charge in [-0.15, -0.1) is 0 Å². The molecule has 0 bridgehead atoms. The summed E-state index contributed by atoms with van der Waals surface area (Å²) in [6.07, 6.45) is 0. The second-order valence-corrected chi connectivity index (χ2v) is 4.54. The number of nitrogens with one attached hydrogen (secondary N) is 1. The summed E-state index contributed by atoms with van der Waals surface area (Å²) in [5.41, 5.74) is 1.29. The van der Waals surface area contributed by atoms with Crippen LogP contribution in [0.2, 0.25) is 0 Å². The Bertz CT molecular complexity index is 216. The van der Waals surface area contributed by atoms with Crippen LogP contribution in [-0.4, -0.2) is 24.0 Å². The van der Waals surface area contributed by atoms with Crippen LogP contribution in [0.3, 0.4) is 0 Å². The lowest BCUT2D eigenvalue weighted by atomic mass is 11.8. The Balaban J connectivity index is 3.81. The van der Waals surface area contributed by atoms with Crippen LogP contribution in [0, 0.1) is 0 Å². The van der Waals surface area contributed by atoms with Gasteiger partial charge in [0, 0.05) is 14.2 Å². The van der Waals surface area contributed by atoms with Gasteiger partial charge in [0.25, 0.3) is 0 Å². The van der Waals surface area contributed by atoms with E-state index in [9.17, 15) is 9.13 Å². The van der Waals surface area contributed by atoms with E-state index in [0.29, 0.717) is 0 Å². The van der Waals surface area contributed by atoms with Crippen LogP contribution >= 0.6 is 15.6 Å². The molecule has 0 saturated carbocycles. The molecule has 2 unspecified atom stereocenters. The SMILES string of the molecule is COP(=O)(O)ONOP(=O)(O)OC. The zero-order valence-electron chi connectivity index (χ0n) is 6.74. The lowest BCUT2D eigenvalue weighted by Gasteiger charge is -2.11. The van der Waals surface area contributed by atoms with Gasteiger partial charge in [-0.1, -0.05) is 5.64 Å². The van der Waals surface area contributed by atoms with Gasteiger partial charge in [-0.25, -0.2) is 9.13 Å². The quantitative estimate of drug-likeness (QED) is 0.430. The number of phosphoric ester groups is 2. The third-order valence-electron chi connectivity index (χ3n) is 0.767. The van der Waals surface area contributed by atoms with E-state index in [1.807, 2.05) is 0 Å². The van der Waals surface area contributed by atoms with Crippen LogP contribution in [0.25, 0.3) is 0 Å². The number of hydrogen-bond donors (Lipinski definition) is 3. The summed E-state index contributed by atoms with van der Waals surface area (Å²) in [7, 11) is -6.79. The summed E-state index contributed by atoms with van der Waals surface area (Å²) in [6.45, 7) is 0. The molecule has 0 rings (SSSR count). The molecule has 0 radical (unpaired) electrons. The lowest BCUT2D eigenvalue weighted by Crippen LogP contribution is -2.13. The summed E-state index contributed by atoms with van der Waals surface area (Å²) in [5.74, 6) is 0. The van der Waals surface area contributed by atoms with Gasteiger partial charge in [0.2, 0.25) is 0 Å². The average molecular weight is 237 g/mol. The maximum Gasteiger partial charge on any atom is 0.490 e. The van der Waals surface area contributed by atoms with E-state index in [-0.39, 0.29) is 0 Å². The molecule has 0 aromatic carbocycles. The van der Waals surface area contributed by atoms with Crippen molar-refractivity contribution in [1.29, 1.82) is 0 Å². The molecule has 9 nitrogen and oxygen atoms in total. The normalized spacial score (nSPS) is 20.6. The minimum absolute atomic E-state index is 0.900. The summed E-state index contributed by atoms with van der Waals surface area (Å²) < 4.78 is 36.5. The smallest absolute Gasteiger partial charge is 0.301 e. The molecule has 0 saturated heterocycles. The lowest BCUT2D eigenvalue weighted by molar-refractivity contribution is -0.0618. The molecule has 0 aromatic rings. The minimum Gasteiger partial charge on any atom is -0.301 e. The van der Waals surface area contributed by atoms with Crippen molar-refractivity contribution >= 4 is 15.6 Å². The van der Waals surface area contributed by atoms with Gasteiger partial charge >= 0.3 is 15.6 Å². The predicted octanol–water partition coefficient (Wildman–Crippen LogP) is -0.0672. The summed E-state index contributed by atoms with van der Waals surface area (Å²) in [4.78, 5) is 17.1. The van der Waals surface area contributed by atoms with Crippen LogP contribution in [0.1, 0.15) is 0 Å². The highest BCUT2D eigenvalue weighted by Gasteiger charge is 2.24. The predicted molar refractivity (Wildman–Crippen MR) is 39.0 cm³/mol. The van der Waals surface area contributed by atoms with Crippen molar-refractivity contribution in [2.45, 2.75) is 0 Å². The maximum atomic E-state index is 10.5. The van der Waals surface area contributed by atoms with Gasteiger partial charge in [0.15, 0.2) is 0 Å². The molecule has 0 aliphatic carbocycles. The fourth-order valence-electron chi connectivity index (χ4n) is 0.185. The highest BCUT2D eigenvalue weighted by atomic mass is 31.2. The molecule has 0 heterocycles. The Kier molecular flexibility index (Phi) is 5.23. The van der Waals surface area contributed by atoms with E-state index in [4.69, 9.17) is 9.79 Å². The van der Waals surface area contributed by atoms with Crippen LogP contribution < -0.4 is 5.64 Å². The first-order chi connectivity index (χ1) is 5.83. The standard InChI is InChI=1S/C2H9NO8P2/c1-8-12(4,5)10-3-11-13(6,7)9-2/h3H,1-2H3,(H,4,5)(H,6,7). The van der Waals surface area contributed by atoms with Crippen molar-refractivity contribution in [1.82, 2.24) is 5.64 Å². The van der Waals surface area contributed by atoms with Crippen LogP contribution in [0.15, 0.2) is 0 Å². The molecular formula is C2H9NO8P2. The number of phosphoric acid groups is 2. The fourth-order valence-corrected chi connectivity index (χ4v) is 0.656. The molecule has 13 heavy (non-hydrogen) atoms. The summed E-state index contributed by atoms with van der Waals surface area (Å²) >= 11 is 0. The molecule has 0 aliphatic heterocycles. The molecule has 0 spiro atoms. The highest BCUT2D eigenvalue weighted by Crippen LogP contribution is 2.44. The molecule has 3 N–H and O–H groups in total. The van der Waals surface area contributed by atoms with Gasteiger partial charge in [-0.05, 0) is 0 Å². The first kappa shape index (κ1) is 13.2. The molecule has 80 valence electrons. The van der Waals surface area contributed by atoms with Crippen molar-refractivity contribution in [3.63, 3.8) is 0 Å². The molecule has 0 amide bonds. The molecule has 0 fully saturated rings. The van der Waals surface area contributed by atoms with E-state index in [0.717, 1.165) is 14.2 Å². The minimum atomic E-state index is -4.29. The first-order valence-electron chi connectivity index (χ1n) is 2.72. The third-order valence-corrected chi connectivity index (χ3v) is 2.30. The van der Waals surface area contributed by atoms with Gasteiger partial charge in [-0.3, -0.25) is 9.05 Å². The molecule has 11 heteroatoms.